The highest BCUT2D eigenvalue weighted by Gasteiger charge is 2.30. The second-order valence-electron chi connectivity index (χ2n) is 9.45. The summed E-state index contributed by atoms with van der Waals surface area (Å²) in [5.74, 6) is 1.05. The molecule has 0 amide bonds. The molecule has 3 aromatic rings. The lowest BCUT2D eigenvalue weighted by Crippen LogP contribution is -2.47. The van der Waals surface area contributed by atoms with E-state index >= 15 is 0 Å². The number of aryl methyl sites for hydroxylation is 1. The standard InChI is InChI=1S/C25H32N6O/c1-29-9-7-22(8-10-29)31-11-5-18(6-12-31)24(32)14-25-26-15-20-4-3-19(13-23(20)28-25)21-16-27-30(2)17-21/h3-4,13,15-18,22H,5-12,14H2,1-2H3. The predicted octanol–water partition coefficient (Wildman–Crippen LogP) is 2.95. The number of rotatable bonds is 5. The van der Waals surface area contributed by atoms with Gasteiger partial charge in [0.05, 0.1) is 18.1 Å². The minimum absolute atomic E-state index is 0.138. The average molecular weight is 433 g/mol. The first-order valence-electron chi connectivity index (χ1n) is 11.7. The Balaban J connectivity index is 1.22. The fraction of sp³-hybridized carbons (Fsp3) is 0.520. The summed E-state index contributed by atoms with van der Waals surface area (Å²) in [6.45, 7) is 4.45. The Hall–Kier alpha value is -2.64. The van der Waals surface area contributed by atoms with Gasteiger partial charge in [0.1, 0.15) is 11.6 Å². The van der Waals surface area contributed by atoms with Gasteiger partial charge in [-0.1, -0.05) is 12.1 Å². The fourth-order valence-electron chi connectivity index (χ4n) is 5.14. The van der Waals surface area contributed by atoms with Gasteiger partial charge in [0.2, 0.25) is 0 Å². The molecule has 0 atom stereocenters. The van der Waals surface area contributed by atoms with Crippen LogP contribution in [0.15, 0.2) is 36.8 Å². The molecule has 0 radical (unpaired) electrons. The molecule has 4 heterocycles. The molecular weight excluding hydrogens is 400 g/mol. The molecule has 7 nitrogen and oxygen atoms in total. The molecule has 0 bridgehead atoms. The van der Waals surface area contributed by atoms with Crippen molar-refractivity contribution in [2.75, 3.05) is 33.2 Å². The molecule has 32 heavy (non-hydrogen) atoms. The van der Waals surface area contributed by atoms with E-state index in [1.54, 1.807) is 4.68 Å². The van der Waals surface area contributed by atoms with Gasteiger partial charge in [-0.15, -0.1) is 0 Å². The van der Waals surface area contributed by atoms with E-state index in [2.05, 4.69) is 39.1 Å². The molecular formula is C25H32N6O. The Kier molecular flexibility index (Phi) is 6.02. The number of aromatic nitrogens is 4. The van der Waals surface area contributed by atoms with Crippen molar-refractivity contribution in [3.8, 4) is 11.1 Å². The van der Waals surface area contributed by atoms with Gasteiger partial charge in [0, 0.05) is 42.4 Å². The maximum atomic E-state index is 13.0. The fourth-order valence-corrected chi connectivity index (χ4v) is 5.14. The summed E-state index contributed by atoms with van der Waals surface area (Å²) in [4.78, 5) is 27.2. The number of likely N-dealkylation sites (tertiary alicyclic amines) is 2. The first-order valence-corrected chi connectivity index (χ1v) is 11.7. The molecule has 2 fully saturated rings. The van der Waals surface area contributed by atoms with Crippen molar-refractivity contribution in [1.82, 2.24) is 29.5 Å². The number of nitrogens with zero attached hydrogens (tertiary/aromatic N) is 6. The largest absolute Gasteiger partial charge is 0.306 e. The summed E-state index contributed by atoms with van der Waals surface area (Å²) in [5.41, 5.74) is 3.01. The zero-order chi connectivity index (χ0) is 22.1. The molecule has 0 spiro atoms. The quantitative estimate of drug-likeness (QED) is 0.618. The van der Waals surface area contributed by atoms with E-state index in [9.17, 15) is 4.79 Å². The maximum Gasteiger partial charge on any atom is 0.143 e. The van der Waals surface area contributed by atoms with Crippen molar-refractivity contribution < 1.29 is 4.79 Å². The van der Waals surface area contributed by atoms with Gasteiger partial charge in [-0.3, -0.25) is 9.48 Å². The third-order valence-corrected chi connectivity index (χ3v) is 7.19. The summed E-state index contributed by atoms with van der Waals surface area (Å²) in [5, 5.41) is 5.24. The summed E-state index contributed by atoms with van der Waals surface area (Å²) in [6.07, 6.45) is 10.4. The van der Waals surface area contributed by atoms with Crippen LogP contribution in [-0.2, 0) is 18.3 Å². The zero-order valence-corrected chi connectivity index (χ0v) is 19.1. The van der Waals surface area contributed by atoms with Crippen LogP contribution in [0.25, 0.3) is 22.0 Å². The third-order valence-electron chi connectivity index (χ3n) is 7.19. The Bertz CT molecular complexity index is 1090. The smallest absolute Gasteiger partial charge is 0.143 e. The number of Topliss-reactive ketones (excluding diaryl/α,β-unsaturated/α-hetero) is 1. The summed E-state index contributed by atoms with van der Waals surface area (Å²) in [6, 6.07) is 6.84. The molecule has 168 valence electrons. The number of hydrogen-bond acceptors (Lipinski definition) is 6. The Morgan fingerprint density at radius 3 is 2.50 bits per heavy atom. The van der Waals surface area contributed by atoms with Crippen LogP contribution in [-0.4, -0.2) is 74.6 Å². The van der Waals surface area contributed by atoms with Crippen LogP contribution >= 0.6 is 0 Å². The van der Waals surface area contributed by atoms with Crippen molar-refractivity contribution in [2.24, 2.45) is 13.0 Å². The van der Waals surface area contributed by atoms with Gasteiger partial charge in [0.25, 0.3) is 0 Å². The van der Waals surface area contributed by atoms with Crippen molar-refractivity contribution in [1.29, 1.82) is 0 Å². The Morgan fingerprint density at radius 2 is 1.78 bits per heavy atom. The predicted molar refractivity (Wildman–Crippen MR) is 125 cm³/mol. The summed E-state index contributed by atoms with van der Waals surface area (Å²) >= 11 is 0. The molecule has 1 aromatic carbocycles. The highest BCUT2D eigenvalue weighted by Crippen LogP contribution is 2.26. The monoisotopic (exact) mass is 432 g/mol. The minimum atomic E-state index is 0.138. The van der Waals surface area contributed by atoms with Gasteiger partial charge in [-0.2, -0.15) is 5.10 Å². The van der Waals surface area contributed by atoms with Crippen LogP contribution in [0.5, 0.6) is 0 Å². The van der Waals surface area contributed by atoms with E-state index in [1.807, 2.05) is 31.7 Å². The molecule has 2 aromatic heterocycles. The number of ketones is 1. The lowest BCUT2D eigenvalue weighted by molar-refractivity contribution is -0.124. The Morgan fingerprint density at radius 1 is 1.00 bits per heavy atom. The van der Waals surface area contributed by atoms with Gasteiger partial charge in [0.15, 0.2) is 0 Å². The molecule has 2 aliphatic heterocycles. The summed E-state index contributed by atoms with van der Waals surface area (Å²) in [7, 11) is 4.12. The van der Waals surface area contributed by atoms with Gasteiger partial charge in [-0.05, 0) is 70.5 Å². The van der Waals surface area contributed by atoms with E-state index in [-0.39, 0.29) is 11.7 Å². The topological polar surface area (TPSA) is 67.2 Å². The van der Waals surface area contributed by atoms with Gasteiger partial charge in [-0.25, -0.2) is 9.97 Å². The lowest BCUT2D eigenvalue weighted by atomic mass is 9.89. The molecule has 0 saturated carbocycles. The highest BCUT2D eigenvalue weighted by atomic mass is 16.1. The van der Waals surface area contributed by atoms with E-state index in [1.165, 1.54) is 25.9 Å². The molecule has 0 unspecified atom stereocenters. The highest BCUT2D eigenvalue weighted by molar-refractivity contribution is 5.85. The van der Waals surface area contributed by atoms with Gasteiger partial charge < -0.3 is 9.80 Å². The molecule has 7 heteroatoms. The van der Waals surface area contributed by atoms with E-state index in [4.69, 9.17) is 4.98 Å². The second-order valence-corrected chi connectivity index (χ2v) is 9.45. The number of carbonyl (C=O) groups excluding carboxylic acids is 1. The van der Waals surface area contributed by atoms with Crippen LogP contribution in [0, 0.1) is 5.92 Å². The lowest BCUT2D eigenvalue weighted by Gasteiger charge is -2.40. The van der Waals surface area contributed by atoms with Crippen LogP contribution in [0.1, 0.15) is 31.5 Å². The molecule has 0 N–H and O–H groups in total. The molecule has 2 saturated heterocycles. The number of carbonyl (C=O) groups is 1. The van der Waals surface area contributed by atoms with Crippen molar-refractivity contribution >= 4 is 16.7 Å². The summed E-state index contributed by atoms with van der Waals surface area (Å²) < 4.78 is 1.79. The number of benzene rings is 1. The van der Waals surface area contributed by atoms with Crippen LogP contribution in [0.2, 0.25) is 0 Å². The average Bonchev–Trinajstić information content (AvgIpc) is 3.25. The maximum absolute atomic E-state index is 13.0. The normalized spacial score (nSPS) is 19.6. The van der Waals surface area contributed by atoms with Crippen molar-refractivity contribution in [2.45, 2.75) is 38.1 Å². The molecule has 5 rings (SSSR count). The van der Waals surface area contributed by atoms with Crippen molar-refractivity contribution in [3.05, 3.63) is 42.6 Å². The van der Waals surface area contributed by atoms with Crippen LogP contribution in [0.3, 0.4) is 0 Å². The van der Waals surface area contributed by atoms with Crippen LogP contribution < -0.4 is 0 Å². The van der Waals surface area contributed by atoms with Gasteiger partial charge >= 0.3 is 0 Å². The number of hydrogen-bond donors (Lipinski definition) is 0. The molecule has 2 aliphatic rings. The van der Waals surface area contributed by atoms with E-state index in [0.717, 1.165) is 48.0 Å². The third kappa shape index (κ3) is 4.59. The van der Waals surface area contributed by atoms with E-state index < -0.39 is 0 Å². The SMILES string of the molecule is CN1CCC(N2CCC(C(=O)Cc3ncc4ccc(-c5cnn(C)c5)cc4n3)CC2)CC1. The number of piperidine rings is 2. The minimum Gasteiger partial charge on any atom is -0.306 e. The van der Waals surface area contributed by atoms with Crippen molar-refractivity contribution in [3.63, 3.8) is 0 Å². The Labute approximate surface area is 189 Å². The first-order chi connectivity index (χ1) is 15.5. The number of fused-ring (bicyclic) bond motifs is 1. The molecule has 0 aliphatic carbocycles. The second kappa shape index (κ2) is 9.08. The van der Waals surface area contributed by atoms with Crippen LogP contribution in [0.4, 0.5) is 0 Å². The zero-order valence-electron chi connectivity index (χ0n) is 19.1. The van der Waals surface area contributed by atoms with E-state index in [0.29, 0.717) is 18.3 Å². The first kappa shape index (κ1) is 21.2.